The van der Waals surface area contributed by atoms with Crippen LogP contribution in [0.1, 0.15) is 65.7 Å². The van der Waals surface area contributed by atoms with E-state index in [1.807, 2.05) is 0 Å². The maximum absolute atomic E-state index is 5.42. The number of unbranched alkanes of at least 4 members (excludes halogenated alkanes) is 1. The molecule has 0 aromatic carbocycles. The zero-order chi connectivity index (χ0) is 11.9. The highest BCUT2D eigenvalue weighted by Gasteiger charge is 2.26. The molecule has 0 aromatic rings. The van der Waals surface area contributed by atoms with Crippen LogP contribution in [0.3, 0.4) is 0 Å². The van der Waals surface area contributed by atoms with Crippen molar-refractivity contribution in [3.05, 3.63) is 0 Å². The smallest absolute Gasteiger partial charge is 0.0480 e. The van der Waals surface area contributed by atoms with Crippen molar-refractivity contribution in [3.63, 3.8) is 0 Å². The molecule has 2 nitrogen and oxygen atoms in total. The summed E-state index contributed by atoms with van der Waals surface area (Å²) in [4.78, 5) is 0. The second-order valence-electron chi connectivity index (χ2n) is 5.45. The van der Waals surface area contributed by atoms with Gasteiger partial charge in [0.05, 0.1) is 0 Å². The summed E-state index contributed by atoms with van der Waals surface area (Å²) in [6.45, 7) is 8.85. The van der Waals surface area contributed by atoms with Crippen LogP contribution in [0.2, 0.25) is 0 Å². The summed E-state index contributed by atoms with van der Waals surface area (Å²) < 4.78 is 5.42. The van der Waals surface area contributed by atoms with Crippen molar-refractivity contribution in [2.45, 2.75) is 77.3 Å². The van der Waals surface area contributed by atoms with Crippen molar-refractivity contribution in [1.29, 1.82) is 0 Å². The molecular weight excluding hydrogens is 198 g/mol. The van der Waals surface area contributed by atoms with E-state index in [0.29, 0.717) is 11.6 Å². The fourth-order valence-electron chi connectivity index (χ4n) is 2.72. The number of hydrogen-bond donors (Lipinski definition) is 1. The van der Waals surface area contributed by atoms with Gasteiger partial charge in [-0.1, -0.05) is 33.1 Å². The molecule has 1 unspecified atom stereocenters. The van der Waals surface area contributed by atoms with E-state index in [9.17, 15) is 0 Å². The minimum absolute atomic E-state index is 0.354. The molecule has 1 rings (SSSR count). The van der Waals surface area contributed by atoms with Crippen molar-refractivity contribution in [2.75, 3.05) is 13.2 Å². The Morgan fingerprint density at radius 3 is 2.38 bits per heavy atom. The van der Waals surface area contributed by atoms with Crippen LogP contribution in [-0.2, 0) is 4.74 Å². The molecule has 0 spiro atoms. The van der Waals surface area contributed by atoms with Gasteiger partial charge in [0.2, 0.25) is 0 Å². The zero-order valence-electron chi connectivity index (χ0n) is 11.3. The highest BCUT2D eigenvalue weighted by Crippen LogP contribution is 2.22. The van der Waals surface area contributed by atoms with Crippen molar-refractivity contribution in [3.8, 4) is 0 Å². The largest absolute Gasteiger partial charge is 0.381 e. The summed E-state index contributed by atoms with van der Waals surface area (Å²) in [6.07, 6.45) is 8.90. The Bertz CT molecular complexity index is 178. The van der Waals surface area contributed by atoms with Crippen LogP contribution in [0.5, 0.6) is 0 Å². The average Bonchev–Trinajstić information content (AvgIpc) is 2.28. The van der Waals surface area contributed by atoms with Crippen molar-refractivity contribution in [2.24, 2.45) is 0 Å². The first-order chi connectivity index (χ1) is 7.70. The Hall–Kier alpha value is -0.0800. The minimum Gasteiger partial charge on any atom is -0.381 e. The highest BCUT2D eigenvalue weighted by molar-refractivity contribution is 4.87. The molecule has 1 atom stereocenters. The lowest BCUT2D eigenvalue weighted by Gasteiger charge is -2.37. The van der Waals surface area contributed by atoms with Crippen LogP contribution in [0, 0.1) is 0 Å². The SMILES string of the molecule is CCCCC(C)(CCC)NC1CCOCC1. The third-order valence-electron chi connectivity index (χ3n) is 3.66. The fraction of sp³-hybridized carbons (Fsp3) is 1.00. The first-order valence-electron chi connectivity index (χ1n) is 7.05. The second-order valence-corrected chi connectivity index (χ2v) is 5.45. The van der Waals surface area contributed by atoms with Gasteiger partial charge in [-0.25, -0.2) is 0 Å². The van der Waals surface area contributed by atoms with Crippen LogP contribution in [-0.4, -0.2) is 24.8 Å². The van der Waals surface area contributed by atoms with Gasteiger partial charge in [-0.15, -0.1) is 0 Å². The third-order valence-corrected chi connectivity index (χ3v) is 3.66. The zero-order valence-corrected chi connectivity index (χ0v) is 11.3. The van der Waals surface area contributed by atoms with Gasteiger partial charge < -0.3 is 10.1 Å². The Morgan fingerprint density at radius 1 is 1.12 bits per heavy atom. The summed E-state index contributed by atoms with van der Waals surface area (Å²) in [5.74, 6) is 0. The lowest BCUT2D eigenvalue weighted by molar-refractivity contribution is 0.0667. The lowest BCUT2D eigenvalue weighted by atomic mass is 9.88. The van der Waals surface area contributed by atoms with Gasteiger partial charge >= 0.3 is 0 Å². The Balaban J connectivity index is 2.40. The number of hydrogen-bond acceptors (Lipinski definition) is 2. The molecule has 1 aliphatic heterocycles. The van der Waals surface area contributed by atoms with Gasteiger partial charge in [0.15, 0.2) is 0 Å². The summed E-state index contributed by atoms with van der Waals surface area (Å²) in [5, 5.41) is 3.89. The Labute approximate surface area is 101 Å². The van der Waals surface area contributed by atoms with E-state index in [1.165, 1.54) is 44.9 Å². The quantitative estimate of drug-likeness (QED) is 0.718. The summed E-state index contributed by atoms with van der Waals surface area (Å²) in [5.41, 5.74) is 0.354. The average molecular weight is 227 g/mol. The van der Waals surface area contributed by atoms with E-state index in [4.69, 9.17) is 4.74 Å². The van der Waals surface area contributed by atoms with Crippen LogP contribution in [0.25, 0.3) is 0 Å². The summed E-state index contributed by atoms with van der Waals surface area (Å²) in [6, 6.07) is 0.683. The lowest BCUT2D eigenvalue weighted by Crippen LogP contribution is -2.49. The van der Waals surface area contributed by atoms with E-state index in [0.717, 1.165) is 13.2 Å². The molecule has 1 saturated heterocycles. The first kappa shape index (κ1) is 14.0. The molecule has 0 amide bonds. The number of rotatable bonds is 7. The molecule has 2 heteroatoms. The molecule has 0 aromatic heterocycles. The van der Waals surface area contributed by atoms with Gasteiger partial charge in [0.1, 0.15) is 0 Å². The Kier molecular flexibility index (Phi) is 6.37. The predicted octanol–water partition coefficient (Wildman–Crippen LogP) is 3.50. The molecule has 0 saturated carbocycles. The molecule has 0 aliphatic carbocycles. The van der Waals surface area contributed by atoms with E-state index in [-0.39, 0.29) is 0 Å². The van der Waals surface area contributed by atoms with Crippen molar-refractivity contribution >= 4 is 0 Å². The fourth-order valence-corrected chi connectivity index (χ4v) is 2.72. The highest BCUT2D eigenvalue weighted by atomic mass is 16.5. The van der Waals surface area contributed by atoms with Crippen molar-refractivity contribution < 1.29 is 4.74 Å². The molecule has 16 heavy (non-hydrogen) atoms. The number of nitrogens with one attached hydrogen (secondary N) is 1. The van der Waals surface area contributed by atoms with Gasteiger partial charge in [-0.2, -0.15) is 0 Å². The third kappa shape index (κ3) is 4.84. The normalized spacial score (nSPS) is 21.9. The van der Waals surface area contributed by atoms with E-state index in [1.54, 1.807) is 0 Å². The van der Waals surface area contributed by atoms with Crippen LogP contribution in [0.15, 0.2) is 0 Å². The van der Waals surface area contributed by atoms with Crippen LogP contribution in [0.4, 0.5) is 0 Å². The van der Waals surface area contributed by atoms with E-state index in [2.05, 4.69) is 26.1 Å². The van der Waals surface area contributed by atoms with E-state index >= 15 is 0 Å². The molecule has 0 radical (unpaired) electrons. The summed E-state index contributed by atoms with van der Waals surface area (Å²) in [7, 11) is 0. The summed E-state index contributed by atoms with van der Waals surface area (Å²) >= 11 is 0. The molecule has 96 valence electrons. The van der Waals surface area contributed by atoms with Gasteiger partial charge in [-0.05, 0) is 32.6 Å². The minimum atomic E-state index is 0.354. The number of ether oxygens (including phenoxy) is 1. The molecule has 0 bridgehead atoms. The molecule has 1 fully saturated rings. The topological polar surface area (TPSA) is 21.3 Å². The van der Waals surface area contributed by atoms with Gasteiger partial charge in [0.25, 0.3) is 0 Å². The van der Waals surface area contributed by atoms with Gasteiger partial charge in [0, 0.05) is 24.8 Å². The molecular formula is C14H29NO. The van der Waals surface area contributed by atoms with Crippen LogP contribution < -0.4 is 5.32 Å². The second kappa shape index (κ2) is 7.29. The van der Waals surface area contributed by atoms with Gasteiger partial charge in [-0.3, -0.25) is 0 Å². The maximum atomic E-state index is 5.42. The van der Waals surface area contributed by atoms with E-state index < -0.39 is 0 Å². The maximum Gasteiger partial charge on any atom is 0.0480 e. The molecule has 1 heterocycles. The monoisotopic (exact) mass is 227 g/mol. The first-order valence-corrected chi connectivity index (χ1v) is 7.05. The molecule has 1 aliphatic rings. The standard InChI is InChI=1S/C14H29NO/c1-4-6-10-14(3,9-5-2)15-13-7-11-16-12-8-13/h13,15H,4-12H2,1-3H3. The van der Waals surface area contributed by atoms with Crippen LogP contribution >= 0.6 is 0 Å². The molecule has 1 N–H and O–H groups in total. The predicted molar refractivity (Wildman–Crippen MR) is 69.8 cm³/mol. The Morgan fingerprint density at radius 2 is 1.81 bits per heavy atom. The van der Waals surface area contributed by atoms with Crippen molar-refractivity contribution in [1.82, 2.24) is 5.32 Å².